The number of aryl methyl sites for hydroxylation is 1. The van der Waals surface area contributed by atoms with Gasteiger partial charge in [0.2, 0.25) is 0 Å². The van der Waals surface area contributed by atoms with E-state index in [1.54, 1.807) is 4.90 Å². The maximum atomic E-state index is 4.44. The van der Waals surface area contributed by atoms with Gasteiger partial charge >= 0.3 is 0 Å². The lowest BCUT2D eigenvalue weighted by molar-refractivity contribution is -0.914. The SMILES string of the molecule is Cc1ccccc1C[NH+]1CCN(c2ccccn2)CC1. The lowest BCUT2D eigenvalue weighted by atomic mass is 10.1. The van der Waals surface area contributed by atoms with Crippen LogP contribution in [-0.4, -0.2) is 31.2 Å². The Hall–Kier alpha value is -1.87. The summed E-state index contributed by atoms with van der Waals surface area (Å²) in [5.74, 6) is 1.11. The van der Waals surface area contributed by atoms with E-state index in [1.165, 1.54) is 24.2 Å². The average Bonchev–Trinajstić information content (AvgIpc) is 2.51. The number of benzene rings is 1. The van der Waals surface area contributed by atoms with Crippen LogP contribution in [0.4, 0.5) is 5.82 Å². The summed E-state index contributed by atoms with van der Waals surface area (Å²) in [5.41, 5.74) is 2.89. The minimum Gasteiger partial charge on any atom is -0.345 e. The standard InChI is InChI=1S/C17H21N3/c1-15-6-2-3-7-16(15)14-19-10-12-20(13-11-19)17-8-4-5-9-18-17/h2-9H,10-14H2,1H3/p+1. The van der Waals surface area contributed by atoms with E-state index in [1.807, 2.05) is 12.3 Å². The van der Waals surface area contributed by atoms with E-state index in [2.05, 4.69) is 53.2 Å². The lowest BCUT2D eigenvalue weighted by Gasteiger charge is -2.33. The van der Waals surface area contributed by atoms with Crippen LogP contribution in [0.3, 0.4) is 0 Å². The van der Waals surface area contributed by atoms with E-state index in [4.69, 9.17) is 0 Å². The number of nitrogens with one attached hydrogen (secondary N) is 1. The van der Waals surface area contributed by atoms with E-state index >= 15 is 0 Å². The lowest BCUT2D eigenvalue weighted by Crippen LogP contribution is -3.13. The minimum atomic E-state index is 1.10. The number of quaternary nitrogens is 1. The first-order valence-electron chi connectivity index (χ1n) is 7.37. The summed E-state index contributed by atoms with van der Waals surface area (Å²) in [6.45, 7) is 7.91. The van der Waals surface area contributed by atoms with Crippen molar-refractivity contribution in [2.75, 3.05) is 31.1 Å². The fourth-order valence-electron chi connectivity index (χ4n) is 2.85. The molecule has 0 saturated carbocycles. The van der Waals surface area contributed by atoms with E-state index in [-0.39, 0.29) is 0 Å². The highest BCUT2D eigenvalue weighted by Crippen LogP contribution is 2.09. The number of nitrogens with zero attached hydrogens (tertiary/aromatic N) is 2. The van der Waals surface area contributed by atoms with Gasteiger partial charge < -0.3 is 9.80 Å². The number of aromatic nitrogens is 1. The number of anilines is 1. The van der Waals surface area contributed by atoms with Gasteiger partial charge in [0.1, 0.15) is 12.4 Å². The second kappa shape index (κ2) is 6.06. The first kappa shape index (κ1) is 13.1. The molecular formula is C17H22N3+. The van der Waals surface area contributed by atoms with Crippen LogP contribution in [0.25, 0.3) is 0 Å². The Labute approximate surface area is 120 Å². The van der Waals surface area contributed by atoms with E-state index in [9.17, 15) is 0 Å². The Balaban J connectivity index is 1.58. The third-order valence-electron chi connectivity index (χ3n) is 4.15. The van der Waals surface area contributed by atoms with Crippen LogP contribution < -0.4 is 9.80 Å². The zero-order valence-corrected chi connectivity index (χ0v) is 12.0. The molecule has 0 atom stereocenters. The highest BCUT2D eigenvalue weighted by molar-refractivity contribution is 5.37. The Morgan fingerprint density at radius 1 is 1.05 bits per heavy atom. The Kier molecular flexibility index (Phi) is 3.97. The summed E-state index contributed by atoms with van der Waals surface area (Å²) < 4.78 is 0. The predicted molar refractivity (Wildman–Crippen MR) is 82.0 cm³/mol. The van der Waals surface area contributed by atoms with Gasteiger partial charge in [-0.2, -0.15) is 0 Å². The number of hydrogen-bond donors (Lipinski definition) is 1. The molecule has 3 rings (SSSR count). The normalized spacial score (nSPS) is 16.4. The van der Waals surface area contributed by atoms with Crippen LogP contribution in [0.15, 0.2) is 48.7 Å². The molecular weight excluding hydrogens is 246 g/mol. The number of hydrogen-bond acceptors (Lipinski definition) is 2. The molecule has 2 aromatic rings. The van der Waals surface area contributed by atoms with Gasteiger partial charge in [-0.25, -0.2) is 4.98 Å². The molecule has 0 aliphatic carbocycles. The summed E-state index contributed by atoms with van der Waals surface area (Å²) in [6.07, 6.45) is 1.88. The Bertz CT molecular complexity index is 545. The first-order chi connectivity index (χ1) is 9.83. The number of pyridine rings is 1. The third kappa shape index (κ3) is 2.99. The molecule has 1 aliphatic rings. The monoisotopic (exact) mass is 268 g/mol. The summed E-state index contributed by atoms with van der Waals surface area (Å²) in [6, 6.07) is 14.9. The molecule has 3 nitrogen and oxygen atoms in total. The average molecular weight is 268 g/mol. The highest BCUT2D eigenvalue weighted by atomic mass is 15.3. The van der Waals surface area contributed by atoms with Crippen molar-refractivity contribution in [2.24, 2.45) is 0 Å². The molecule has 1 aromatic carbocycles. The summed E-state index contributed by atoms with van der Waals surface area (Å²) in [5, 5.41) is 0. The maximum absolute atomic E-state index is 4.44. The number of piperazine rings is 1. The van der Waals surface area contributed by atoms with Gasteiger partial charge in [0.05, 0.1) is 26.2 Å². The zero-order valence-electron chi connectivity index (χ0n) is 12.0. The molecule has 104 valence electrons. The molecule has 2 heterocycles. The largest absolute Gasteiger partial charge is 0.345 e. The molecule has 1 aromatic heterocycles. The quantitative estimate of drug-likeness (QED) is 0.905. The molecule has 1 fully saturated rings. The van der Waals surface area contributed by atoms with Crippen LogP contribution in [0, 0.1) is 6.92 Å². The van der Waals surface area contributed by atoms with Crippen LogP contribution in [-0.2, 0) is 6.54 Å². The van der Waals surface area contributed by atoms with Crippen LogP contribution in [0.5, 0.6) is 0 Å². The van der Waals surface area contributed by atoms with E-state index in [0.29, 0.717) is 0 Å². The molecule has 20 heavy (non-hydrogen) atoms. The molecule has 0 radical (unpaired) electrons. The first-order valence-corrected chi connectivity index (χ1v) is 7.37. The molecule has 0 amide bonds. The number of rotatable bonds is 3. The fourth-order valence-corrected chi connectivity index (χ4v) is 2.85. The van der Waals surface area contributed by atoms with Gasteiger partial charge in [-0.15, -0.1) is 0 Å². The van der Waals surface area contributed by atoms with Crippen molar-refractivity contribution in [3.05, 3.63) is 59.8 Å². The summed E-state index contributed by atoms with van der Waals surface area (Å²) in [4.78, 5) is 8.51. The Morgan fingerprint density at radius 3 is 2.50 bits per heavy atom. The minimum absolute atomic E-state index is 1.10. The van der Waals surface area contributed by atoms with E-state index < -0.39 is 0 Å². The Morgan fingerprint density at radius 2 is 1.80 bits per heavy atom. The molecule has 0 unspecified atom stereocenters. The van der Waals surface area contributed by atoms with Crippen molar-refractivity contribution in [3.8, 4) is 0 Å². The molecule has 0 bridgehead atoms. The van der Waals surface area contributed by atoms with Gasteiger partial charge in [0.15, 0.2) is 0 Å². The van der Waals surface area contributed by atoms with Crippen molar-refractivity contribution in [2.45, 2.75) is 13.5 Å². The molecule has 1 saturated heterocycles. The van der Waals surface area contributed by atoms with Crippen molar-refractivity contribution in [1.29, 1.82) is 0 Å². The summed E-state index contributed by atoms with van der Waals surface area (Å²) >= 11 is 0. The smallest absolute Gasteiger partial charge is 0.128 e. The highest BCUT2D eigenvalue weighted by Gasteiger charge is 2.21. The fraction of sp³-hybridized carbons (Fsp3) is 0.353. The van der Waals surface area contributed by atoms with Crippen LogP contribution >= 0.6 is 0 Å². The van der Waals surface area contributed by atoms with Crippen molar-refractivity contribution in [1.82, 2.24) is 4.98 Å². The second-order valence-corrected chi connectivity index (χ2v) is 5.53. The zero-order chi connectivity index (χ0) is 13.8. The van der Waals surface area contributed by atoms with Gasteiger partial charge in [-0.1, -0.05) is 30.3 Å². The van der Waals surface area contributed by atoms with Crippen molar-refractivity contribution >= 4 is 5.82 Å². The van der Waals surface area contributed by atoms with Crippen LogP contribution in [0.1, 0.15) is 11.1 Å². The van der Waals surface area contributed by atoms with Gasteiger partial charge in [-0.05, 0) is 24.6 Å². The second-order valence-electron chi connectivity index (χ2n) is 5.53. The van der Waals surface area contributed by atoms with Crippen molar-refractivity contribution in [3.63, 3.8) is 0 Å². The van der Waals surface area contributed by atoms with Crippen LogP contribution in [0.2, 0.25) is 0 Å². The molecule has 0 spiro atoms. The van der Waals surface area contributed by atoms with Gasteiger partial charge in [-0.3, -0.25) is 0 Å². The third-order valence-corrected chi connectivity index (χ3v) is 4.15. The molecule has 3 heteroatoms. The maximum Gasteiger partial charge on any atom is 0.128 e. The van der Waals surface area contributed by atoms with Crippen molar-refractivity contribution < 1.29 is 4.90 Å². The topological polar surface area (TPSA) is 20.6 Å². The van der Waals surface area contributed by atoms with Gasteiger partial charge in [0.25, 0.3) is 0 Å². The molecule has 1 N–H and O–H groups in total. The predicted octanol–water partition coefficient (Wildman–Crippen LogP) is 1.30. The summed E-state index contributed by atoms with van der Waals surface area (Å²) in [7, 11) is 0. The van der Waals surface area contributed by atoms with E-state index in [0.717, 1.165) is 25.5 Å². The van der Waals surface area contributed by atoms with Gasteiger partial charge in [0, 0.05) is 11.8 Å². The molecule has 1 aliphatic heterocycles.